The van der Waals surface area contributed by atoms with Crippen molar-refractivity contribution in [3.8, 4) is 0 Å². The van der Waals surface area contributed by atoms with Gasteiger partial charge in [-0.3, -0.25) is 0 Å². The van der Waals surface area contributed by atoms with Crippen LogP contribution in [0.15, 0.2) is 42.0 Å². The minimum atomic E-state index is -0.259. The van der Waals surface area contributed by atoms with Crippen LogP contribution >= 0.6 is 0 Å². The maximum absolute atomic E-state index is 11.7. The predicted octanol–water partition coefficient (Wildman–Crippen LogP) is 7.01. The van der Waals surface area contributed by atoms with Gasteiger partial charge in [-0.2, -0.15) is 0 Å². The summed E-state index contributed by atoms with van der Waals surface area (Å²) in [6, 6.07) is 7.32. The van der Waals surface area contributed by atoms with Gasteiger partial charge in [0.1, 0.15) is 0 Å². The number of carbonyl (C=O) groups excluding carboxylic acids is 1. The first-order valence-corrected chi connectivity index (χ1v) is 11.7. The van der Waals surface area contributed by atoms with Crippen LogP contribution in [-0.2, 0) is 25.8 Å². The zero-order valence-electron chi connectivity index (χ0n) is 20.3. The summed E-state index contributed by atoms with van der Waals surface area (Å²) in [5.74, 6) is 0.887. The van der Waals surface area contributed by atoms with Crippen molar-refractivity contribution in [2.45, 2.75) is 90.9 Å². The Hall–Kier alpha value is -1.83. The fourth-order valence-corrected chi connectivity index (χ4v) is 5.65. The van der Waals surface area contributed by atoms with Gasteiger partial charge in [0, 0.05) is 11.5 Å². The third-order valence-electron chi connectivity index (χ3n) is 7.90. The molecule has 0 N–H and O–H groups in total. The van der Waals surface area contributed by atoms with Crippen molar-refractivity contribution >= 4 is 5.97 Å². The maximum atomic E-state index is 11.7. The van der Waals surface area contributed by atoms with E-state index in [2.05, 4.69) is 71.9 Å². The molecule has 1 fully saturated rings. The van der Waals surface area contributed by atoms with Gasteiger partial charge in [0.05, 0.1) is 6.61 Å². The molecule has 0 heterocycles. The number of allylic oxidation sites excluding steroid dienone is 3. The van der Waals surface area contributed by atoms with Crippen LogP contribution in [0.1, 0.15) is 91.3 Å². The normalized spacial score (nSPS) is 29.5. The number of fused-ring (bicyclic) bond motifs is 1. The summed E-state index contributed by atoms with van der Waals surface area (Å²) in [7, 11) is 0. The molecule has 0 unspecified atom stereocenters. The fraction of sp³-hybridized carbons (Fsp3) is 0.607. The molecule has 2 aliphatic rings. The molecule has 0 spiro atoms. The second kappa shape index (κ2) is 8.02. The average Bonchev–Trinajstić information content (AvgIpc) is 3.28. The van der Waals surface area contributed by atoms with Crippen LogP contribution in [0.3, 0.4) is 0 Å². The highest BCUT2D eigenvalue weighted by Crippen LogP contribution is 2.63. The smallest absolute Gasteiger partial charge is 0.330 e. The van der Waals surface area contributed by atoms with Crippen molar-refractivity contribution in [3.05, 3.63) is 58.7 Å². The molecule has 1 saturated carbocycles. The zero-order chi connectivity index (χ0) is 22.3. The van der Waals surface area contributed by atoms with Crippen molar-refractivity contribution in [1.29, 1.82) is 0 Å². The van der Waals surface area contributed by atoms with E-state index in [1.165, 1.54) is 24.0 Å². The summed E-state index contributed by atoms with van der Waals surface area (Å²) in [6.07, 6.45) is 9.65. The Morgan fingerprint density at radius 2 is 1.70 bits per heavy atom. The number of rotatable bonds is 6. The lowest BCUT2D eigenvalue weighted by Gasteiger charge is -2.42. The molecular weight excluding hydrogens is 368 g/mol. The Balaban J connectivity index is 1.90. The van der Waals surface area contributed by atoms with Crippen LogP contribution < -0.4 is 0 Å². The molecule has 2 heteroatoms. The van der Waals surface area contributed by atoms with E-state index in [-0.39, 0.29) is 22.2 Å². The lowest BCUT2D eigenvalue weighted by atomic mass is 9.62. The molecule has 0 aromatic heterocycles. The molecule has 3 rings (SSSR count). The SMILES string of the molecule is CCOC(=O)/C=C(C)/C=C/[C@H]1[C@@H](CC)[C@@]1(C)c1ccc2c(c1)C(C)(C)CCC2(C)C. The Kier molecular flexibility index (Phi) is 6.11. The van der Waals surface area contributed by atoms with Gasteiger partial charge in [0.15, 0.2) is 0 Å². The zero-order valence-corrected chi connectivity index (χ0v) is 20.3. The summed E-state index contributed by atoms with van der Waals surface area (Å²) in [5, 5.41) is 0. The summed E-state index contributed by atoms with van der Waals surface area (Å²) in [5.41, 5.74) is 6.15. The first kappa shape index (κ1) is 22.8. The quantitative estimate of drug-likeness (QED) is 0.287. The molecule has 0 saturated heterocycles. The molecule has 1 aromatic rings. The Labute approximate surface area is 183 Å². The topological polar surface area (TPSA) is 26.3 Å². The lowest BCUT2D eigenvalue weighted by Crippen LogP contribution is -2.34. The van der Waals surface area contributed by atoms with Crippen molar-refractivity contribution in [1.82, 2.24) is 0 Å². The highest BCUT2D eigenvalue weighted by molar-refractivity contribution is 5.83. The molecule has 164 valence electrons. The van der Waals surface area contributed by atoms with E-state index < -0.39 is 0 Å². The van der Waals surface area contributed by atoms with Gasteiger partial charge in [0.2, 0.25) is 0 Å². The predicted molar refractivity (Wildman–Crippen MR) is 126 cm³/mol. The van der Waals surface area contributed by atoms with E-state index in [1.54, 1.807) is 11.6 Å². The number of ether oxygens (including phenoxy) is 1. The van der Waals surface area contributed by atoms with E-state index >= 15 is 0 Å². The third kappa shape index (κ3) is 4.03. The molecule has 30 heavy (non-hydrogen) atoms. The number of hydrogen-bond acceptors (Lipinski definition) is 2. The molecule has 1 aromatic carbocycles. The molecule has 3 atom stereocenters. The van der Waals surface area contributed by atoms with E-state index in [1.807, 2.05) is 13.8 Å². The minimum Gasteiger partial charge on any atom is -0.463 e. The number of benzene rings is 1. The van der Waals surface area contributed by atoms with Gasteiger partial charge < -0.3 is 4.74 Å². The van der Waals surface area contributed by atoms with Crippen LogP contribution in [0, 0.1) is 11.8 Å². The molecule has 0 radical (unpaired) electrons. The number of esters is 1. The van der Waals surface area contributed by atoms with E-state index in [9.17, 15) is 4.79 Å². The van der Waals surface area contributed by atoms with Gasteiger partial charge in [-0.1, -0.05) is 78.3 Å². The lowest BCUT2D eigenvalue weighted by molar-refractivity contribution is -0.137. The van der Waals surface area contributed by atoms with Crippen LogP contribution in [0.25, 0.3) is 0 Å². The van der Waals surface area contributed by atoms with Crippen molar-refractivity contribution in [2.75, 3.05) is 6.61 Å². The van der Waals surface area contributed by atoms with Crippen molar-refractivity contribution < 1.29 is 9.53 Å². The minimum absolute atomic E-state index is 0.169. The van der Waals surface area contributed by atoms with E-state index in [4.69, 9.17) is 4.74 Å². The van der Waals surface area contributed by atoms with Crippen LogP contribution in [0.2, 0.25) is 0 Å². The highest BCUT2D eigenvalue weighted by atomic mass is 16.5. The van der Waals surface area contributed by atoms with Gasteiger partial charge in [-0.05, 0) is 71.6 Å². The molecule has 2 nitrogen and oxygen atoms in total. The standard InChI is InChI=1S/C28H40O2/c1-9-21-23(13-11-19(3)17-25(29)30-10-2)28(21,8)20-12-14-22-24(18-20)27(6,7)16-15-26(22,4)5/h11-14,17-18,21,23H,9-10,15-16H2,1-8H3/b13-11+,19-17+/t21-,23+,28-/m1/s1. The Bertz CT molecular complexity index is 871. The largest absolute Gasteiger partial charge is 0.463 e. The monoisotopic (exact) mass is 408 g/mol. The summed E-state index contributed by atoms with van der Waals surface area (Å²) >= 11 is 0. The Morgan fingerprint density at radius 3 is 2.30 bits per heavy atom. The van der Waals surface area contributed by atoms with Gasteiger partial charge >= 0.3 is 5.97 Å². The fourth-order valence-electron chi connectivity index (χ4n) is 5.65. The molecule has 2 aliphatic carbocycles. The van der Waals surface area contributed by atoms with E-state index in [0.717, 1.165) is 12.0 Å². The first-order chi connectivity index (χ1) is 14.0. The molecule has 0 aliphatic heterocycles. The summed E-state index contributed by atoms with van der Waals surface area (Å²) in [4.78, 5) is 11.7. The average molecular weight is 409 g/mol. The summed E-state index contributed by atoms with van der Waals surface area (Å²) < 4.78 is 5.03. The van der Waals surface area contributed by atoms with Crippen molar-refractivity contribution in [2.24, 2.45) is 11.8 Å². The van der Waals surface area contributed by atoms with Gasteiger partial charge in [-0.25, -0.2) is 4.79 Å². The molecule has 0 bridgehead atoms. The first-order valence-electron chi connectivity index (χ1n) is 11.7. The summed E-state index contributed by atoms with van der Waals surface area (Å²) in [6.45, 7) is 18.5. The second-order valence-corrected chi connectivity index (χ2v) is 10.9. The Morgan fingerprint density at radius 1 is 1.07 bits per heavy atom. The highest BCUT2D eigenvalue weighted by Gasteiger charge is 2.59. The van der Waals surface area contributed by atoms with Crippen LogP contribution in [0.5, 0.6) is 0 Å². The van der Waals surface area contributed by atoms with Crippen molar-refractivity contribution in [3.63, 3.8) is 0 Å². The second-order valence-electron chi connectivity index (χ2n) is 10.9. The van der Waals surface area contributed by atoms with Crippen LogP contribution in [-0.4, -0.2) is 12.6 Å². The molecule has 0 amide bonds. The number of hydrogen-bond donors (Lipinski definition) is 0. The third-order valence-corrected chi connectivity index (χ3v) is 7.90. The molecular formula is C28H40O2. The maximum Gasteiger partial charge on any atom is 0.330 e. The van der Waals surface area contributed by atoms with E-state index in [0.29, 0.717) is 18.4 Å². The van der Waals surface area contributed by atoms with Gasteiger partial charge in [0.25, 0.3) is 0 Å². The van der Waals surface area contributed by atoms with Crippen LogP contribution in [0.4, 0.5) is 0 Å². The van der Waals surface area contributed by atoms with Gasteiger partial charge in [-0.15, -0.1) is 0 Å². The number of carbonyl (C=O) groups is 1.